The first-order valence-electron chi connectivity index (χ1n) is 12.1. The fraction of sp³-hybridized carbons (Fsp3) is 0.286. The van der Waals surface area contributed by atoms with Crippen molar-refractivity contribution < 1.29 is 14.0 Å². The molecule has 1 fully saturated rings. The summed E-state index contributed by atoms with van der Waals surface area (Å²) in [7, 11) is 0. The standard InChI is InChI=1S/C28H29ClFN5O2/c1-17-12-23(34-22-7-5-21(30)6-8-22)13-18(2)35(17)28(37)9-4-20-14-24(27-16-31-10-11-32-27)25(29)15-26(20)33-19(3)36/h4-11,14-18,23,34H,12-13H2,1-3H3,(H,33,36)/b9-4+/t17-,18?,23?/m0/s1. The molecule has 1 aromatic heterocycles. The first-order valence-corrected chi connectivity index (χ1v) is 12.5. The van der Waals surface area contributed by atoms with Gasteiger partial charge in [0.05, 0.1) is 16.9 Å². The van der Waals surface area contributed by atoms with Crippen molar-refractivity contribution in [2.45, 2.75) is 51.7 Å². The number of halogens is 2. The lowest BCUT2D eigenvalue weighted by molar-refractivity contribution is -0.131. The Labute approximate surface area is 220 Å². The third-order valence-corrected chi connectivity index (χ3v) is 6.68. The number of hydrogen-bond acceptors (Lipinski definition) is 5. The number of aromatic nitrogens is 2. The number of anilines is 2. The van der Waals surface area contributed by atoms with E-state index in [9.17, 15) is 14.0 Å². The molecule has 37 heavy (non-hydrogen) atoms. The minimum Gasteiger partial charge on any atom is -0.382 e. The summed E-state index contributed by atoms with van der Waals surface area (Å²) in [6, 6.07) is 9.89. The SMILES string of the molecule is CC(=O)Nc1cc(Cl)c(-c2cnccn2)cc1/C=C/C(=O)N1C(C)CC(Nc2ccc(F)cc2)C[C@@H]1C. The van der Waals surface area contributed by atoms with E-state index in [-0.39, 0.29) is 35.8 Å². The summed E-state index contributed by atoms with van der Waals surface area (Å²) in [5.74, 6) is -0.641. The Morgan fingerprint density at radius 3 is 2.43 bits per heavy atom. The average molecular weight is 522 g/mol. The highest BCUT2D eigenvalue weighted by Crippen LogP contribution is 2.33. The van der Waals surface area contributed by atoms with Crippen LogP contribution in [0, 0.1) is 5.82 Å². The van der Waals surface area contributed by atoms with E-state index in [0.717, 1.165) is 18.5 Å². The van der Waals surface area contributed by atoms with E-state index < -0.39 is 0 Å². The van der Waals surface area contributed by atoms with Crippen LogP contribution in [0.3, 0.4) is 0 Å². The summed E-state index contributed by atoms with van der Waals surface area (Å²) in [6.07, 6.45) is 9.48. The van der Waals surface area contributed by atoms with Crippen LogP contribution in [0.4, 0.5) is 15.8 Å². The normalized spacial score (nSPS) is 19.6. The topological polar surface area (TPSA) is 87.2 Å². The second kappa shape index (κ2) is 11.5. The van der Waals surface area contributed by atoms with E-state index in [4.69, 9.17) is 11.6 Å². The van der Waals surface area contributed by atoms with Crippen LogP contribution in [-0.2, 0) is 9.59 Å². The molecule has 1 aliphatic rings. The van der Waals surface area contributed by atoms with Gasteiger partial charge in [-0.05, 0) is 74.7 Å². The van der Waals surface area contributed by atoms with Gasteiger partial charge in [-0.2, -0.15) is 0 Å². The highest BCUT2D eigenvalue weighted by atomic mass is 35.5. The fourth-order valence-corrected chi connectivity index (χ4v) is 5.08. The first kappa shape index (κ1) is 26.3. The van der Waals surface area contributed by atoms with Crippen LogP contribution in [0.5, 0.6) is 0 Å². The van der Waals surface area contributed by atoms with Crippen molar-refractivity contribution in [1.29, 1.82) is 0 Å². The third kappa shape index (κ3) is 6.51. The van der Waals surface area contributed by atoms with Gasteiger partial charge in [-0.1, -0.05) is 11.6 Å². The lowest BCUT2D eigenvalue weighted by Crippen LogP contribution is -2.52. The molecular weight excluding hydrogens is 493 g/mol. The summed E-state index contributed by atoms with van der Waals surface area (Å²) >= 11 is 6.48. The summed E-state index contributed by atoms with van der Waals surface area (Å²) in [5.41, 5.74) is 3.21. The van der Waals surface area contributed by atoms with Crippen LogP contribution in [0.25, 0.3) is 17.3 Å². The molecule has 2 amide bonds. The molecule has 0 saturated carbocycles. The summed E-state index contributed by atoms with van der Waals surface area (Å²) in [4.78, 5) is 35.4. The molecule has 0 spiro atoms. The van der Waals surface area contributed by atoms with Gasteiger partial charge in [0.25, 0.3) is 0 Å². The number of benzene rings is 2. The number of piperidine rings is 1. The Bertz CT molecular complexity index is 1290. The largest absolute Gasteiger partial charge is 0.382 e. The predicted molar refractivity (Wildman–Crippen MR) is 145 cm³/mol. The summed E-state index contributed by atoms with van der Waals surface area (Å²) in [5, 5.41) is 6.64. The maximum Gasteiger partial charge on any atom is 0.247 e. The Morgan fingerprint density at radius 1 is 1.11 bits per heavy atom. The van der Waals surface area contributed by atoms with Crippen molar-refractivity contribution in [3.05, 3.63) is 77.5 Å². The molecule has 0 bridgehead atoms. The smallest absolute Gasteiger partial charge is 0.247 e. The van der Waals surface area contributed by atoms with Gasteiger partial charge in [-0.3, -0.25) is 19.6 Å². The first-order chi connectivity index (χ1) is 17.7. The minimum absolute atomic E-state index is 0.00552. The molecule has 2 aromatic carbocycles. The zero-order valence-corrected chi connectivity index (χ0v) is 21.7. The molecule has 0 aliphatic carbocycles. The van der Waals surface area contributed by atoms with Crippen molar-refractivity contribution in [2.75, 3.05) is 10.6 Å². The second-order valence-electron chi connectivity index (χ2n) is 9.29. The number of amides is 2. The van der Waals surface area contributed by atoms with Gasteiger partial charge in [0, 0.05) is 60.5 Å². The van der Waals surface area contributed by atoms with Crippen molar-refractivity contribution in [3.8, 4) is 11.3 Å². The van der Waals surface area contributed by atoms with E-state index in [1.54, 1.807) is 48.9 Å². The molecule has 1 aliphatic heterocycles. The quantitative estimate of drug-likeness (QED) is 0.401. The monoisotopic (exact) mass is 521 g/mol. The van der Waals surface area contributed by atoms with Crippen LogP contribution in [0.2, 0.25) is 5.02 Å². The number of carbonyl (C=O) groups excluding carboxylic acids is 2. The maximum atomic E-state index is 13.3. The second-order valence-corrected chi connectivity index (χ2v) is 9.69. The van der Waals surface area contributed by atoms with E-state index >= 15 is 0 Å². The zero-order chi connectivity index (χ0) is 26.5. The fourth-order valence-electron chi connectivity index (χ4n) is 4.82. The molecular formula is C28H29ClFN5O2. The van der Waals surface area contributed by atoms with E-state index in [0.29, 0.717) is 27.5 Å². The lowest BCUT2D eigenvalue weighted by atomic mass is 9.92. The van der Waals surface area contributed by atoms with Gasteiger partial charge in [0.15, 0.2) is 0 Å². The third-order valence-electron chi connectivity index (χ3n) is 6.36. The number of likely N-dealkylation sites (tertiary alicyclic amines) is 1. The highest BCUT2D eigenvalue weighted by Gasteiger charge is 2.33. The molecule has 2 unspecified atom stereocenters. The maximum absolute atomic E-state index is 13.3. The van der Waals surface area contributed by atoms with Gasteiger partial charge >= 0.3 is 0 Å². The number of carbonyl (C=O) groups is 2. The number of nitrogens with zero attached hydrogens (tertiary/aromatic N) is 3. The number of rotatable bonds is 6. The van der Waals surface area contributed by atoms with Crippen molar-refractivity contribution in [1.82, 2.24) is 14.9 Å². The van der Waals surface area contributed by atoms with Gasteiger partial charge < -0.3 is 15.5 Å². The molecule has 4 rings (SSSR count). The predicted octanol–water partition coefficient (Wildman–Crippen LogP) is 5.79. The van der Waals surface area contributed by atoms with Crippen LogP contribution >= 0.6 is 11.6 Å². The van der Waals surface area contributed by atoms with Gasteiger partial charge in [-0.25, -0.2) is 4.39 Å². The average Bonchev–Trinajstić information content (AvgIpc) is 2.85. The van der Waals surface area contributed by atoms with Crippen molar-refractivity contribution >= 4 is 40.9 Å². The Hall–Kier alpha value is -3.78. The van der Waals surface area contributed by atoms with E-state index in [1.807, 2.05) is 18.7 Å². The molecule has 0 radical (unpaired) electrons. The molecule has 192 valence electrons. The molecule has 3 atom stereocenters. The zero-order valence-electron chi connectivity index (χ0n) is 20.9. The van der Waals surface area contributed by atoms with Crippen LogP contribution < -0.4 is 10.6 Å². The van der Waals surface area contributed by atoms with Crippen LogP contribution in [0.1, 0.15) is 39.2 Å². The summed E-state index contributed by atoms with van der Waals surface area (Å²) in [6.45, 7) is 5.46. The highest BCUT2D eigenvalue weighted by molar-refractivity contribution is 6.33. The number of hydrogen-bond donors (Lipinski definition) is 2. The summed E-state index contributed by atoms with van der Waals surface area (Å²) < 4.78 is 13.2. The minimum atomic E-state index is -0.273. The van der Waals surface area contributed by atoms with E-state index in [1.165, 1.54) is 25.1 Å². The van der Waals surface area contributed by atoms with Crippen LogP contribution in [0.15, 0.2) is 61.1 Å². The molecule has 3 aromatic rings. The molecule has 2 heterocycles. The van der Waals surface area contributed by atoms with Crippen molar-refractivity contribution in [2.24, 2.45) is 0 Å². The van der Waals surface area contributed by atoms with Crippen LogP contribution in [-0.4, -0.2) is 44.8 Å². The molecule has 2 N–H and O–H groups in total. The van der Waals surface area contributed by atoms with Gasteiger partial charge in [-0.15, -0.1) is 0 Å². The molecule has 7 nitrogen and oxygen atoms in total. The lowest BCUT2D eigenvalue weighted by Gasteiger charge is -2.42. The Morgan fingerprint density at radius 2 is 1.81 bits per heavy atom. The molecule has 1 saturated heterocycles. The Kier molecular flexibility index (Phi) is 8.18. The van der Waals surface area contributed by atoms with Gasteiger partial charge in [0.1, 0.15) is 5.82 Å². The van der Waals surface area contributed by atoms with Gasteiger partial charge in [0.2, 0.25) is 11.8 Å². The number of nitrogens with one attached hydrogen (secondary N) is 2. The Balaban J connectivity index is 1.52. The van der Waals surface area contributed by atoms with Crippen molar-refractivity contribution in [3.63, 3.8) is 0 Å². The van der Waals surface area contributed by atoms with E-state index in [2.05, 4.69) is 20.6 Å². The molecule has 9 heteroatoms.